The third kappa shape index (κ3) is 5.95. The van der Waals surface area contributed by atoms with Crippen LogP contribution in [0, 0.1) is 0 Å². The standard InChI is InChI=1S/C21H15ClF3N3O3/c22-16-8-1-2-9-17(16)28-18(29)12-31-20(30)15-7-4-10-26-19(15)27-14-6-3-5-13(11-14)21(23,24)25/h1-11H,12H2,(H,26,27)(H,28,29). The highest BCUT2D eigenvalue weighted by Gasteiger charge is 2.30. The largest absolute Gasteiger partial charge is 0.452 e. The fourth-order valence-corrected chi connectivity index (χ4v) is 2.72. The molecule has 1 amide bonds. The summed E-state index contributed by atoms with van der Waals surface area (Å²) in [5.74, 6) is -1.51. The third-order valence-electron chi connectivity index (χ3n) is 3.96. The lowest BCUT2D eigenvalue weighted by molar-refractivity contribution is -0.137. The van der Waals surface area contributed by atoms with Crippen molar-refractivity contribution in [3.05, 3.63) is 83.0 Å². The fourth-order valence-electron chi connectivity index (χ4n) is 2.54. The molecule has 0 aliphatic heterocycles. The Morgan fingerprint density at radius 3 is 2.55 bits per heavy atom. The number of hydrogen-bond donors (Lipinski definition) is 2. The van der Waals surface area contributed by atoms with Gasteiger partial charge in [0.05, 0.1) is 16.3 Å². The van der Waals surface area contributed by atoms with Crippen LogP contribution in [0.5, 0.6) is 0 Å². The first-order valence-electron chi connectivity index (χ1n) is 8.85. The lowest BCUT2D eigenvalue weighted by Crippen LogP contribution is -2.21. The second-order valence-corrected chi connectivity index (χ2v) is 6.61. The highest BCUT2D eigenvalue weighted by molar-refractivity contribution is 6.33. The van der Waals surface area contributed by atoms with Crippen LogP contribution in [0.2, 0.25) is 5.02 Å². The molecule has 3 aromatic rings. The lowest BCUT2D eigenvalue weighted by atomic mass is 10.2. The van der Waals surface area contributed by atoms with Gasteiger partial charge in [0.1, 0.15) is 11.4 Å². The number of benzene rings is 2. The highest BCUT2D eigenvalue weighted by Crippen LogP contribution is 2.31. The molecule has 0 aliphatic carbocycles. The maximum Gasteiger partial charge on any atom is 0.416 e. The average Bonchev–Trinajstić information content (AvgIpc) is 2.74. The highest BCUT2D eigenvalue weighted by atomic mass is 35.5. The summed E-state index contributed by atoms with van der Waals surface area (Å²) in [7, 11) is 0. The number of alkyl halides is 3. The normalized spacial score (nSPS) is 11.0. The SMILES string of the molecule is O=C(COC(=O)c1cccnc1Nc1cccc(C(F)(F)F)c1)Nc1ccccc1Cl. The van der Waals surface area contributed by atoms with Gasteiger partial charge in [-0.2, -0.15) is 13.2 Å². The van der Waals surface area contributed by atoms with Crippen LogP contribution >= 0.6 is 11.6 Å². The van der Waals surface area contributed by atoms with E-state index >= 15 is 0 Å². The van der Waals surface area contributed by atoms with E-state index in [0.717, 1.165) is 12.1 Å². The zero-order valence-electron chi connectivity index (χ0n) is 15.7. The summed E-state index contributed by atoms with van der Waals surface area (Å²) in [4.78, 5) is 28.4. The van der Waals surface area contributed by atoms with Crippen LogP contribution in [0.15, 0.2) is 66.9 Å². The number of anilines is 3. The molecular formula is C21H15ClF3N3O3. The molecule has 160 valence electrons. The first kappa shape index (κ1) is 22.1. The Morgan fingerprint density at radius 1 is 1.03 bits per heavy atom. The van der Waals surface area contributed by atoms with Gasteiger partial charge in [0.15, 0.2) is 6.61 Å². The van der Waals surface area contributed by atoms with Gasteiger partial charge in [-0.1, -0.05) is 29.8 Å². The maximum absolute atomic E-state index is 12.9. The monoisotopic (exact) mass is 449 g/mol. The van der Waals surface area contributed by atoms with E-state index < -0.39 is 30.2 Å². The number of halogens is 4. The zero-order valence-corrected chi connectivity index (χ0v) is 16.5. The minimum absolute atomic E-state index is 0.0154. The number of hydrogen-bond acceptors (Lipinski definition) is 5. The summed E-state index contributed by atoms with van der Waals surface area (Å²) in [6, 6.07) is 13.8. The van der Waals surface area contributed by atoms with Crippen LogP contribution in [0.3, 0.4) is 0 Å². The van der Waals surface area contributed by atoms with E-state index in [-0.39, 0.29) is 17.1 Å². The molecule has 0 bridgehead atoms. The van der Waals surface area contributed by atoms with Crippen molar-refractivity contribution in [2.24, 2.45) is 0 Å². The Balaban J connectivity index is 1.68. The van der Waals surface area contributed by atoms with Crippen molar-refractivity contribution in [1.29, 1.82) is 0 Å². The molecule has 0 saturated heterocycles. The summed E-state index contributed by atoms with van der Waals surface area (Å²) < 4.78 is 43.7. The number of ether oxygens (including phenoxy) is 1. The second kappa shape index (κ2) is 9.48. The molecule has 1 heterocycles. The molecular weight excluding hydrogens is 435 g/mol. The number of nitrogens with zero attached hydrogens (tertiary/aromatic N) is 1. The molecule has 0 spiro atoms. The molecule has 2 aromatic carbocycles. The molecule has 10 heteroatoms. The summed E-state index contributed by atoms with van der Waals surface area (Å²) in [5, 5.41) is 5.50. The van der Waals surface area contributed by atoms with Crippen LogP contribution in [-0.2, 0) is 15.7 Å². The van der Waals surface area contributed by atoms with Crippen LogP contribution in [0.4, 0.5) is 30.4 Å². The van der Waals surface area contributed by atoms with E-state index in [0.29, 0.717) is 10.7 Å². The van der Waals surface area contributed by atoms with Gasteiger partial charge in [-0.3, -0.25) is 4.79 Å². The van der Waals surface area contributed by atoms with E-state index in [2.05, 4.69) is 15.6 Å². The Morgan fingerprint density at radius 2 is 1.81 bits per heavy atom. The first-order chi connectivity index (χ1) is 14.7. The Bertz CT molecular complexity index is 1110. The average molecular weight is 450 g/mol. The predicted octanol–water partition coefficient (Wildman–Crippen LogP) is 5.29. The Labute approximate surface area is 180 Å². The third-order valence-corrected chi connectivity index (χ3v) is 4.29. The van der Waals surface area contributed by atoms with Crippen molar-refractivity contribution >= 4 is 40.7 Å². The molecule has 0 unspecified atom stereocenters. The first-order valence-corrected chi connectivity index (χ1v) is 9.22. The van der Waals surface area contributed by atoms with Crippen LogP contribution in [-0.4, -0.2) is 23.5 Å². The zero-order chi connectivity index (χ0) is 22.4. The molecule has 1 aromatic heterocycles. The van der Waals surface area contributed by atoms with Crippen LogP contribution in [0.25, 0.3) is 0 Å². The molecule has 6 nitrogen and oxygen atoms in total. The molecule has 0 aliphatic rings. The van der Waals surface area contributed by atoms with Crippen molar-refractivity contribution in [2.75, 3.05) is 17.2 Å². The summed E-state index contributed by atoms with van der Waals surface area (Å²) in [5.41, 5.74) is -0.461. The minimum Gasteiger partial charge on any atom is -0.452 e. The number of aromatic nitrogens is 1. The van der Waals surface area contributed by atoms with Crippen molar-refractivity contribution in [2.45, 2.75) is 6.18 Å². The quantitative estimate of drug-likeness (QED) is 0.500. The molecule has 31 heavy (non-hydrogen) atoms. The van der Waals surface area contributed by atoms with E-state index in [1.807, 2.05) is 0 Å². The second-order valence-electron chi connectivity index (χ2n) is 6.21. The van der Waals surface area contributed by atoms with Gasteiger partial charge in [0, 0.05) is 11.9 Å². The molecule has 0 radical (unpaired) electrons. The molecule has 0 atom stereocenters. The minimum atomic E-state index is -4.52. The van der Waals surface area contributed by atoms with Crippen LogP contribution < -0.4 is 10.6 Å². The summed E-state index contributed by atoms with van der Waals surface area (Å²) in [6.45, 7) is -0.595. The van der Waals surface area contributed by atoms with Crippen molar-refractivity contribution in [3.8, 4) is 0 Å². The smallest absolute Gasteiger partial charge is 0.416 e. The van der Waals surface area contributed by atoms with Crippen molar-refractivity contribution in [1.82, 2.24) is 4.98 Å². The molecule has 2 N–H and O–H groups in total. The van der Waals surface area contributed by atoms with E-state index in [9.17, 15) is 22.8 Å². The lowest BCUT2D eigenvalue weighted by Gasteiger charge is -2.13. The van der Waals surface area contributed by atoms with Gasteiger partial charge in [-0.05, 0) is 42.5 Å². The summed E-state index contributed by atoms with van der Waals surface area (Å²) >= 11 is 5.95. The number of rotatable bonds is 6. The molecule has 0 saturated carbocycles. The predicted molar refractivity (Wildman–Crippen MR) is 109 cm³/mol. The number of esters is 1. The van der Waals surface area contributed by atoms with E-state index in [1.165, 1.54) is 30.5 Å². The number of amides is 1. The number of para-hydroxylation sites is 1. The van der Waals surface area contributed by atoms with Crippen LogP contribution in [0.1, 0.15) is 15.9 Å². The van der Waals surface area contributed by atoms with Crippen molar-refractivity contribution in [3.63, 3.8) is 0 Å². The maximum atomic E-state index is 12.9. The van der Waals surface area contributed by atoms with Gasteiger partial charge in [0.25, 0.3) is 5.91 Å². The van der Waals surface area contributed by atoms with Gasteiger partial charge in [-0.25, -0.2) is 9.78 Å². The Kier molecular flexibility index (Phi) is 6.76. The molecule has 0 fully saturated rings. The fraction of sp³-hybridized carbons (Fsp3) is 0.0952. The van der Waals surface area contributed by atoms with E-state index in [1.54, 1.807) is 24.3 Å². The van der Waals surface area contributed by atoms with E-state index in [4.69, 9.17) is 16.3 Å². The number of pyridine rings is 1. The molecule has 3 rings (SSSR count). The topological polar surface area (TPSA) is 80.3 Å². The van der Waals surface area contributed by atoms with Gasteiger partial charge in [-0.15, -0.1) is 0 Å². The van der Waals surface area contributed by atoms with Gasteiger partial charge < -0.3 is 15.4 Å². The van der Waals surface area contributed by atoms with Gasteiger partial charge in [0.2, 0.25) is 0 Å². The number of carbonyl (C=O) groups is 2. The number of nitrogens with one attached hydrogen (secondary N) is 2. The summed E-state index contributed by atoms with van der Waals surface area (Å²) in [6.07, 6.45) is -3.16. The van der Waals surface area contributed by atoms with Crippen molar-refractivity contribution < 1.29 is 27.5 Å². The Hall–Kier alpha value is -3.59. The van der Waals surface area contributed by atoms with Gasteiger partial charge >= 0.3 is 12.1 Å². The number of carbonyl (C=O) groups excluding carboxylic acids is 2.